The van der Waals surface area contributed by atoms with E-state index in [-0.39, 0.29) is 12.5 Å². The summed E-state index contributed by atoms with van der Waals surface area (Å²) in [4.78, 5) is 17.4. The van der Waals surface area contributed by atoms with Crippen LogP contribution >= 0.6 is 58.2 Å². The molecule has 180 valence electrons. The molecular weight excluding hydrogens is 550 g/mol. The average molecular weight is 568 g/mol. The molecule has 1 aliphatic rings. The van der Waals surface area contributed by atoms with Gasteiger partial charge in [-0.2, -0.15) is 0 Å². The van der Waals surface area contributed by atoms with Crippen LogP contribution < -0.4 is 14.8 Å². The summed E-state index contributed by atoms with van der Waals surface area (Å²) in [5.41, 5.74) is 2.09. The number of hydrogen-bond donors (Lipinski definition) is 1. The minimum Gasteiger partial charge on any atom is -0.494 e. The Hall–Kier alpha value is -2.35. The molecule has 1 N–H and O–H groups in total. The van der Waals surface area contributed by atoms with E-state index in [1.165, 1.54) is 11.8 Å². The first-order chi connectivity index (χ1) is 16.8. The zero-order chi connectivity index (χ0) is 24.9. The molecule has 0 saturated carbocycles. The molecule has 35 heavy (non-hydrogen) atoms. The van der Waals surface area contributed by atoms with Crippen molar-refractivity contribution in [2.45, 2.75) is 13.5 Å². The van der Waals surface area contributed by atoms with Crippen LogP contribution in [0, 0.1) is 0 Å². The Bertz CT molecular complexity index is 1300. The van der Waals surface area contributed by atoms with Crippen LogP contribution in [0.25, 0.3) is 6.08 Å². The summed E-state index contributed by atoms with van der Waals surface area (Å²) in [6.45, 7) is 2.68. The van der Waals surface area contributed by atoms with Crippen molar-refractivity contribution in [3.05, 3.63) is 90.7 Å². The van der Waals surface area contributed by atoms with Gasteiger partial charge in [-0.1, -0.05) is 52.5 Å². The van der Waals surface area contributed by atoms with Crippen LogP contribution in [0.1, 0.15) is 18.1 Å². The van der Waals surface area contributed by atoms with Crippen molar-refractivity contribution in [3.63, 3.8) is 0 Å². The molecule has 10 heteroatoms. The first-order valence-corrected chi connectivity index (χ1v) is 12.7. The lowest BCUT2D eigenvalue weighted by atomic mass is 10.2. The van der Waals surface area contributed by atoms with Crippen LogP contribution in [0.15, 0.2) is 64.5 Å². The largest absolute Gasteiger partial charge is 0.494 e. The second-order valence-corrected chi connectivity index (χ2v) is 9.94. The average Bonchev–Trinajstić information content (AvgIpc) is 3.14. The molecule has 0 atom stereocenters. The lowest BCUT2D eigenvalue weighted by Crippen LogP contribution is -2.19. The molecular formula is C25H18Cl4N2O3S. The van der Waals surface area contributed by atoms with Crippen molar-refractivity contribution in [2.75, 3.05) is 6.61 Å². The smallest absolute Gasteiger partial charge is 0.264 e. The Labute approximate surface area is 227 Å². The van der Waals surface area contributed by atoms with E-state index in [1.54, 1.807) is 36.4 Å². The van der Waals surface area contributed by atoms with Crippen LogP contribution in [-0.2, 0) is 11.4 Å². The Morgan fingerprint density at radius 2 is 1.66 bits per heavy atom. The summed E-state index contributed by atoms with van der Waals surface area (Å²) >= 11 is 26.2. The van der Waals surface area contributed by atoms with E-state index in [4.69, 9.17) is 55.9 Å². The van der Waals surface area contributed by atoms with Gasteiger partial charge in [0.1, 0.15) is 12.4 Å². The number of carbonyl (C=O) groups excluding carboxylic acids is 1. The van der Waals surface area contributed by atoms with Crippen molar-refractivity contribution in [1.82, 2.24) is 5.32 Å². The maximum atomic E-state index is 12.5. The van der Waals surface area contributed by atoms with E-state index in [0.29, 0.717) is 53.8 Å². The molecule has 1 heterocycles. The summed E-state index contributed by atoms with van der Waals surface area (Å²) in [7, 11) is 0. The molecule has 0 aliphatic carbocycles. The molecule has 3 aromatic rings. The van der Waals surface area contributed by atoms with Gasteiger partial charge in [0.15, 0.2) is 10.9 Å². The molecule has 0 spiro atoms. The van der Waals surface area contributed by atoms with Gasteiger partial charge in [0.25, 0.3) is 5.91 Å². The molecule has 0 unspecified atom stereocenters. The summed E-state index contributed by atoms with van der Waals surface area (Å²) in [5, 5.41) is 4.87. The van der Waals surface area contributed by atoms with Gasteiger partial charge in [-0.3, -0.25) is 4.79 Å². The van der Waals surface area contributed by atoms with Gasteiger partial charge in [0, 0.05) is 15.6 Å². The van der Waals surface area contributed by atoms with Crippen LogP contribution in [0.2, 0.25) is 20.1 Å². The molecule has 1 fully saturated rings. The lowest BCUT2D eigenvalue weighted by molar-refractivity contribution is -0.115. The van der Waals surface area contributed by atoms with Crippen molar-refractivity contribution < 1.29 is 14.3 Å². The fraction of sp³-hybridized carbons (Fsp3) is 0.120. The fourth-order valence-corrected chi connectivity index (χ4v) is 5.04. The number of nitrogens with zero attached hydrogens (tertiary/aromatic N) is 1. The lowest BCUT2D eigenvalue weighted by Gasteiger charge is -2.12. The van der Waals surface area contributed by atoms with Crippen molar-refractivity contribution in [1.29, 1.82) is 0 Å². The number of halogens is 4. The summed E-state index contributed by atoms with van der Waals surface area (Å²) in [6, 6.07) is 15.8. The Morgan fingerprint density at radius 1 is 0.943 bits per heavy atom. The minimum absolute atomic E-state index is 0.166. The Kier molecular flexibility index (Phi) is 8.52. The van der Waals surface area contributed by atoms with Crippen molar-refractivity contribution >= 4 is 81.0 Å². The number of amidine groups is 1. The van der Waals surface area contributed by atoms with Crippen molar-refractivity contribution in [2.24, 2.45) is 4.99 Å². The third-order valence-electron chi connectivity index (χ3n) is 4.73. The molecule has 0 radical (unpaired) electrons. The topological polar surface area (TPSA) is 59.9 Å². The second kappa shape index (κ2) is 11.6. The van der Waals surface area contributed by atoms with E-state index in [2.05, 4.69) is 10.3 Å². The van der Waals surface area contributed by atoms with E-state index in [1.807, 2.05) is 31.2 Å². The number of carbonyl (C=O) groups is 1. The fourth-order valence-electron chi connectivity index (χ4n) is 3.12. The third kappa shape index (κ3) is 6.66. The Morgan fingerprint density at radius 3 is 2.31 bits per heavy atom. The van der Waals surface area contributed by atoms with E-state index in [9.17, 15) is 4.79 Å². The molecule has 5 nitrogen and oxygen atoms in total. The second-order valence-electron chi connectivity index (χ2n) is 7.25. The van der Waals surface area contributed by atoms with Gasteiger partial charge >= 0.3 is 0 Å². The van der Waals surface area contributed by atoms with Gasteiger partial charge in [-0.25, -0.2) is 4.99 Å². The minimum atomic E-state index is -0.260. The predicted molar refractivity (Wildman–Crippen MR) is 146 cm³/mol. The van der Waals surface area contributed by atoms with Crippen LogP contribution in [0.3, 0.4) is 0 Å². The molecule has 3 aromatic carbocycles. The maximum Gasteiger partial charge on any atom is 0.264 e. The zero-order valence-electron chi connectivity index (χ0n) is 18.3. The number of rotatable bonds is 7. The normalized spacial score (nSPS) is 15.5. The molecule has 4 rings (SSSR count). The quantitative estimate of drug-likeness (QED) is 0.292. The van der Waals surface area contributed by atoms with Gasteiger partial charge in [0.2, 0.25) is 0 Å². The van der Waals surface area contributed by atoms with Crippen LogP contribution in [0.5, 0.6) is 11.5 Å². The first kappa shape index (κ1) is 25.7. The number of hydrogen-bond acceptors (Lipinski definition) is 5. The number of amides is 1. The number of nitrogens with one attached hydrogen (secondary N) is 1. The third-order valence-corrected chi connectivity index (χ3v) is 6.79. The van der Waals surface area contributed by atoms with E-state index >= 15 is 0 Å². The van der Waals surface area contributed by atoms with E-state index < -0.39 is 0 Å². The summed E-state index contributed by atoms with van der Waals surface area (Å²) < 4.78 is 11.2. The molecule has 1 saturated heterocycles. The molecule has 1 aliphatic heterocycles. The van der Waals surface area contributed by atoms with Gasteiger partial charge < -0.3 is 14.8 Å². The van der Waals surface area contributed by atoms with E-state index in [0.717, 1.165) is 11.3 Å². The number of benzene rings is 3. The highest BCUT2D eigenvalue weighted by molar-refractivity contribution is 8.18. The van der Waals surface area contributed by atoms with Gasteiger partial charge in [0.05, 0.1) is 27.2 Å². The summed E-state index contributed by atoms with van der Waals surface area (Å²) in [5.74, 6) is 0.824. The highest BCUT2D eigenvalue weighted by Gasteiger charge is 2.24. The standard InChI is InChI=1S/C25H18Cl4N2O3S/c1-2-33-18-7-5-17(6-8-18)30-25-31-24(32)22(35-25)11-14-9-20(28)23(21(29)10-14)34-13-15-3-4-16(26)12-19(15)27/h3-12H,2,13H2,1H3,(H,30,31,32)/b22-11+. The number of aliphatic imine (C=N–C) groups is 1. The van der Waals surface area contributed by atoms with Gasteiger partial charge in [-0.05, 0) is 78.9 Å². The summed E-state index contributed by atoms with van der Waals surface area (Å²) in [6.07, 6.45) is 1.69. The first-order valence-electron chi connectivity index (χ1n) is 10.4. The monoisotopic (exact) mass is 566 g/mol. The number of thioether (sulfide) groups is 1. The zero-order valence-corrected chi connectivity index (χ0v) is 22.1. The maximum absolute atomic E-state index is 12.5. The van der Waals surface area contributed by atoms with Crippen molar-refractivity contribution in [3.8, 4) is 11.5 Å². The van der Waals surface area contributed by atoms with Gasteiger partial charge in [-0.15, -0.1) is 0 Å². The highest BCUT2D eigenvalue weighted by atomic mass is 35.5. The molecule has 0 bridgehead atoms. The Balaban J connectivity index is 1.47. The van der Waals surface area contributed by atoms with Crippen LogP contribution in [0.4, 0.5) is 5.69 Å². The predicted octanol–water partition coefficient (Wildman–Crippen LogP) is 8.17. The highest BCUT2D eigenvalue weighted by Crippen LogP contribution is 2.37. The number of ether oxygens (including phenoxy) is 2. The molecule has 0 aromatic heterocycles. The SMILES string of the molecule is CCOc1ccc(N=C2NC(=O)/C(=C\c3cc(Cl)c(OCc4ccc(Cl)cc4Cl)c(Cl)c3)S2)cc1. The van der Waals surface area contributed by atoms with Crippen LogP contribution in [-0.4, -0.2) is 17.7 Å². The molecule has 1 amide bonds.